The third-order valence-corrected chi connectivity index (χ3v) is 2.97. The van der Waals surface area contributed by atoms with Crippen LogP contribution in [0.15, 0.2) is 35.1 Å². The number of aromatic amines is 1. The van der Waals surface area contributed by atoms with Crippen molar-refractivity contribution in [1.82, 2.24) is 10.2 Å². The second kappa shape index (κ2) is 4.65. The first kappa shape index (κ1) is 11.1. The predicted octanol–water partition coefficient (Wildman–Crippen LogP) is 2.05. The number of rotatable bonds is 2. The topological polar surface area (TPSA) is 55.0 Å². The maximum absolute atomic E-state index is 10.9. The normalized spacial score (nSPS) is 10.1. The quantitative estimate of drug-likeness (QED) is 0.859. The Morgan fingerprint density at radius 3 is 2.69 bits per heavy atom. The Morgan fingerprint density at radius 1 is 1.31 bits per heavy atom. The van der Waals surface area contributed by atoms with E-state index in [1.54, 1.807) is 13.2 Å². The lowest BCUT2D eigenvalue weighted by atomic mass is 10.1. The number of methoxy groups -OCH3 is 1. The molecule has 0 atom stereocenters. The van der Waals surface area contributed by atoms with Gasteiger partial charge in [-0.2, -0.15) is 5.10 Å². The minimum Gasteiger partial charge on any atom is -0.496 e. The van der Waals surface area contributed by atoms with Gasteiger partial charge in [-0.3, -0.25) is 4.79 Å². The number of halogens is 1. The van der Waals surface area contributed by atoms with Crippen LogP contribution in [0.4, 0.5) is 0 Å². The van der Waals surface area contributed by atoms with Crippen molar-refractivity contribution < 1.29 is 4.74 Å². The van der Waals surface area contributed by atoms with E-state index in [1.165, 1.54) is 6.07 Å². The van der Waals surface area contributed by atoms with E-state index in [2.05, 4.69) is 32.8 Å². The van der Waals surface area contributed by atoms with Gasteiger partial charge in [0.2, 0.25) is 0 Å². The Kier molecular flexibility index (Phi) is 3.23. The molecule has 0 fully saturated rings. The standard InChI is InChI=1S/C11H9IN2O2/c1-16-10-4-2-7(6-8(10)12)9-3-5-11(15)14-13-9/h2-6H,1H3,(H,14,15). The Bertz CT molecular complexity index is 546. The highest BCUT2D eigenvalue weighted by atomic mass is 127. The van der Waals surface area contributed by atoms with Gasteiger partial charge in [0.05, 0.1) is 16.4 Å². The summed E-state index contributed by atoms with van der Waals surface area (Å²) in [5.41, 5.74) is 1.48. The van der Waals surface area contributed by atoms with Gasteiger partial charge in [-0.05, 0) is 46.9 Å². The van der Waals surface area contributed by atoms with Crippen LogP contribution in [0.5, 0.6) is 5.75 Å². The summed E-state index contributed by atoms with van der Waals surface area (Å²) in [5, 5.41) is 6.37. The van der Waals surface area contributed by atoms with Crippen LogP contribution in [0.2, 0.25) is 0 Å². The molecule has 0 unspecified atom stereocenters. The third kappa shape index (κ3) is 2.24. The molecule has 2 aromatic rings. The van der Waals surface area contributed by atoms with Crippen LogP contribution in [-0.4, -0.2) is 17.3 Å². The Morgan fingerprint density at radius 2 is 2.12 bits per heavy atom. The summed E-state index contributed by atoms with van der Waals surface area (Å²) < 4.78 is 6.17. The summed E-state index contributed by atoms with van der Waals surface area (Å²) in [5.74, 6) is 0.828. The molecule has 4 nitrogen and oxygen atoms in total. The first-order chi connectivity index (χ1) is 7.70. The van der Waals surface area contributed by atoms with E-state index >= 15 is 0 Å². The van der Waals surface area contributed by atoms with Crippen LogP contribution in [0, 0.1) is 3.57 Å². The van der Waals surface area contributed by atoms with Crippen molar-refractivity contribution in [3.8, 4) is 17.0 Å². The molecule has 0 amide bonds. The van der Waals surface area contributed by atoms with Gasteiger partial charge in [0.25, 0.3) is 5.56 Å². The van der Waals surface area contributed by atoms with E-state index in [0.29, 0.717) is 0 Å². The van der Waals surface area contributed by atoms with Gasteiger partial charge >= 0.3 is 0 Å². The third-order valence-electron chi connectivity index (χ3n) is 2.13. The predicted molar refractivity (Wildman–Crippen MR) is 69.6 cm³/mol. The maximum atomic E-state index is 10.9. The number of benzene rings is 1. The van der Waals surface area contributed by atoms with E-state index in [4.69, 9.17) is 4.74 Å². The Balaban J connectivity index is 2.45. The fourth-order valence-electron chi connectivity index (χ4n) is 1.33. The fraction of sp³-hybridized carbons (Fsp3) is 0.0909. The zero-order valence-corrected chi connectivity index (χ0v) is 10.7. The average Bonchev–Trinajstić information content (AvgIpc) is 2.30. The Hall–Kier alpha value is -1.37. The number of nitrogens with one attached hydrogen (secondary N) is 1. The second-order valence-corrected chi connectivity index (χ2v) is 4.32. The molecule has 1 heterocycles. The summed E-state index contributed by atoms with van der Waals surface area (Å²) in [7, 11) is 1.63. The number of hydrogen-bond donors (Lipinski definition) is 1. The van der Waals surface area contributed by atoms with E-state index in [9.17, 15) is 4.79 Å². The smallest absolute Gasteiger partial charge is 0.264 e. The summed E-state index contributed by atoms with van der Waals surface area (Å²) in [4.78, 5) is 10.9. The number of ether oxygens (including phenoxy) is 1. The highest BCUT2D eigenvalue weighted by Crippen LogP contribution is 2.25. The van der Waals surface area contributed by atoms with Crippen molar-refractivity contribution in [3.63, 3.8) is 0 Å². The van der Waals surface area contributed by atoms with Crippen LogP contribution in [-0.2, 0) is 0 Å². The van der Waals surface area contributed by atoms with Gasteiger partial charge in [-0.15, -0.1) is 0 Å². The van der Waals surface area contributed by atoms with Gasteiger partial charge < -0.3 is 4.74 Å². The zero-order chi connectivity index (χ0) is 11.5. The molecule has 5 heteroatoms. The lowest BCUT2D eigenvalue weighted by molar-refractivity contribution is 0.412. The van der Waals surface area contributed by atoms with E-state index < -0.39 is 0 Å². The monoisotopic (exact) mass is 328 g/mol. The highest BCUT2D eigenvalue weighted by Gasteiger charge is 2.04. The number of aromatic nitrogens is 2. The molecule has 0 aliphatic carbocycles. The molecule has 0 saturated heterocycles. The summed E-state index contributed by atoms with van der Waals surface area (Å²) in [6, 6.07) is 8.89. The molecule has 0 aliphatic rings. The lowest BCUT2D eigenvalue weighted by Crippen LogP contribution is -2.05. The van der Waals surface area contributed by atoms with E-state index in [0.717, 1.165) is 20.6 Å². The summed E-state index contributed by atoms with van der Waals surface area (Å²) >= 11 is 2.19. The van der Waals surface area contributed by atoms with Gasteiger partial charge in [0.15, 0.2) is 0 Å². The molecule has 2 rings (SSSR count). The van der Waals surface area contributed by atoms with Gasteiger partial charge in [-0.1, -0.05) is 0 Å². The zero-order valence-electron chi connectivity index (χ0n) is 8.53. The van der Waals surface area contributed by atoms with Crippen molar-refractivity contribution >= 4 is 22.6 Å². The lowest BCUT2D eigenvalue weighted by Gasteiger charge is -2.05. The van der Waals surface area contributed by atoms with Crippen LogP contribution >= 0.6 is 22.6 Å². The first-order valence-corrected chi connectivity index (χ1v) is 5.68. The molecule has 82 valence electrons. The van der Waals surface area contributed by atoms with E-state index in [-0.39, 0.29) is 5.56 Å². The number of nitrogens with zero attached hydrogens (tertiary/aromatic N) is 1. The first-order valence-electron chi connectivity index (χ1n) is 4.60. The molecule has 16 heavy (non-hydrogen) atoms. The molecule has 1 aromatic heterocycles. The molecular formula is C11H9IN2O2. The largest absolute Gasteiger partial charge is 0.496 e. The minimum atomic E-state index is -0.202. The second-order valence-electron chi connectivity index (χ2n) is 3.16. The van der Waals surface area contributed by atoms with Gasteiger partial charge in [0, 0.05) is 11.6 Å². The molecule has 0 spiro atoms. The molecule has 1 aromatic carbocycles. The van der Waals surface area contributed by atoms with E-state index in [1.807, 2.05) is 18.2 Å². The Labute approximate surface area is 106 Å². The van der Waals surface area contributed by atoms with Gasteiger partial charge in [0.1, 0.15) is 5.75 Å². The van der Waals surface area contributed by atoms with Crippen molar-refractivity contribution in [1.29, 1.82) is 0 Å². The number of hydrogen-bond acceptors (Lipinski definition) is 3. The molecule has 0 bridgehead atoms. The van der Waals surface area contributed by atoms with Crippen LogP contribution in [0.3, 0.4) is 0 Å². The molecule has 1 N–H and O–H groups in total. The van der Waals surface area contributed by atoms with Crippen LogP contribution in [0.1, 0.15) is 0 Å². The van der Waals surface area contributed by atoms with Gasteiger partial charge in [-0.25, -0.2) is 5.10 Å². The minimum absolute atomic E-state index is 0.202. The van der Waals surface area contributed by atoms with Crippen LogP contribution < -0.4 is 10.3 Å². The SMILES string of the molecule is COc1ccc(-c2ccc(=O)[nH]n2)cc1I. The van der Waals surface area contributed by atoms with Crippen molar-refractivity contribution in [3.05, 3.63) is 44.3 Å². The molecule has 0 saturated carbocycles. The van der Waals surface area contributed by atoms with Crippen LogP contribution in [0.25, 0.3) is 11.3 Å². The molecule has 0 aliphatic heterocycles. The average molecular weight is 328 g/mol. The van der Waals surface area contributed by atoms with Crippen molar-refractivity contribution in [2.45, 2.75) is 0 Å². The van der Waals surface area contributed by atoms with Crippen molar-refractivity contribution in [2.24, 2.45) is 0 Å². The summed E-state index contributed by atoms with van der Waals surface area (Å²) in [6.45, 7) is 0. The summed E-state index contributed by atoms with van der Waals surface area (Å²) in [6.07, 6.45) is 0. The fourth-order valence-corrected chi connectivity index (χ4v) is 2.07. The molecular weight excluding hydrogens is 319 g/mol. The van der Waals surface area contributed by atoms with Crippen molar-refractivity contribution in [2.75, 3.05) is 7.11 Å². The highest BCUT2D eigenvalue weighted by molar-refractivity contribution is 14.1. The maximum Gasteiger partial charge on any atom is 0.264 e. The molecule has 0 radical (unpaired) electrons. The number of H-pyrrole nitrogens is 1.